The number of aromatic nitrogens is 2. The van der Waals surface area contributed by atoms with Crippen molar-refractivity contribution in [1.82, 2.24) is 9.97 Å². The Bertz CT molecular complexity index is 578. The fourth-order valence-electron chi connectivity index (χ4n) is 3.35. The predicted molar refractivity (Wildman–Crippen MR) is 91.6 cm³/mol. The van der Waals surface area contributed by atoms with Crippen LogP contribution in [0.1, 0.15) is 50.2 Å². The minimum absolute atomic E-state index is 0.818. The van der Waals surface area contributed by atoms with Gasteiger partial charge in [-0.25, -0.2) is 9.97 Å². The van der Waals surface area contributed by atoms with Gasteiger partial charge in [-0.15, -0.1) is 0 Å². The first-order chi connectivity index (χ1) is 10.7. The molecule has 2 nitrogen and oxygen atoms in total. The molecule has 3 rings (SSSR count). The molecular formula is C20H26N2. The maximum absolute atomic E-state index is 4.39. The van der Waals surface area contributed by atoms with E-state index in [1.165, 1.54) is 44.1 Å². The number of hydrogen-bond acceptors (Lipinski definition) is 2. The molecule has 0 unspecified atom stereocenters. The Hall–Kier alpha value is -1.70. The summed E-state index contributed by atoms with van der Waals surface area (Å²) in [5.74, 6) is 2.71. The Labute approximate surface area is 134 Å². The van der Waals surface area contributed by atoms with Crippen LogP contribution in [-0.2, 0) is 6.42 Å². The lowest BCUT2D eigenvalue weighted by Gasteiger charge is -2.26. The van der Waals surface area contributed by atoms with Gasteiger partial charge in [-0.05, 0) is 42.7 Å². The number of hydrogen-bond donors (Lipinski definition) is 0. The van der Waals surface area contributed by atoms with Gasteiger partial charge in [-0.3, -0.25) is 0 Å². The molecule has 0 aliphatic heterocycles. The van der Waals surface area contributed by atoms with E-state index in [2.05, 4.69) is 41.2 Å². The molecule has 116 valence electrons. The van der Waals surface area contributed by atoms with Crippen LogP contribution in [0.3, 0.4) is 0 Å². The third-order valence-corrected chi connectivity index (χ3v) is 4.97. The van der Waals surface area contributed by atoms with E-state index in [0.29, 0.717) is 0 Å². The number of rotatable bonds is 4. The normalized spacial score (nSPS) is 21.7. The van der Waals surface area contributed by atoms with Crippen molar-refractivity contribution in [3.8, 4) is 11.4 Å². The summed E-state index contributed by atoms with van der Waals surface area (Å²) in [6, 6.07) is 8.79. The molecule has 1 fully saturated rings. The topological polar surface area (TPSA) is 25.8 Å². The smallest absolute Gasteiger partial charge is 0.159 e. The van der Waals surface area contributed by atoms with Crippen LogP contribution in [0.5, 0.6) is 0 Å². The molecule has 0 saturated heterocycles. The summed E-state index contributed by atoms with van der Waals surface area (Å²) in [6.45, 7) is 4.40. The zero-order valence-electron chi connectivity index (χ0n) is 13.8. The molecule has 2 aromatic rings. The van der Waals surface area contributed by atoms with E-state index in [4.69, 9.17) is 0 Å². The molecular weight excluding hydrogens is 268 g/mol. The maximum Gasteiger partial charge on any atom is 0.159 e. The third-order valence-electron chi connectivity index (χ3n) is 4.97. The summed E-state index contributed by atoms with van der Waals surface area (Å²) >= 11 is 0. The first kappa shape index (κ1) is 15.2. The van der Waals surface area contributed by atoms with E-state index < -0.39 is 0 Å². The molecule has 0 bridgehead atoms. The minimum Gasteiger partial charge on any atom is -0.236 e. The van der Waals surface area contributed by atoms with E-state index in [0.717, 1.165) is 28.8 Å². The summed E-state index contributed by atoms with van der Waals surface area (Å²) in [7, 11) is 0. The second kappa shape index (κ2) is 7.04. The van der Waals surface area contributed by atoms with Gasteiger partial charge >= 0.3 is 0 Å². The number of benzene rings is 1. The standard InChI is InChI=1S/C20H26N2/c1-15-3-5-17(6-4-15)7-8-18-9-11-19(12-10-18)20-21-13-16(2)14-22-20/h9-15,17H,3-8H2,1-2H3. The molecule has 22 heavy (non-hydrogen) atoms. The molecule has 1 saturated carbocycles. The zero-order chi connectivity index (χ0) is 15.4. The second-order valence-electron chi connectivity index (χ2n) is 6.95. The number of nitrogens with zero attached hydrogens (tertiary/aromatic N) is 2. The highest BCUT2D eigenvalue weighted by Crippen LogP contribution is 2.31. The van der Waals surface area contributed by atoms with Crippen LogP contribution in [0.4, 0.5) is 0 Å². The van der Waals surface area contributed by atoms with Crippen molar-refractivity contribution in [2.24, 2.45) is 11.8 Å². The summed E-state index contributed by atoms with van der Waals surface area (Å²) in [5.41, 5.74) is 3.65. The van der Waals surface area contributed by atoms with E-state index in [9.17, 15) is 0 Å². The Morgan fingerprint density at radius 2 is 1.59 bits per heavy atom. The second-order valence-corrected chi connectivity index (χ2v) is 6.95. The fraction of sp³-hybridized carbons (Fsp3) is 0.500. The third kappa shape index (κ3) is 3.94. The quantitative estimate of drug-likeness (QED) is 0.773. The van der Waals surface area contributed by atoms with Crippen molar-refractivity contribution >= 4 is 0 Å². The van der Waals surface area contributed by atoms with Crippen LogP contribution in [0.2, 0.25) is 0 Å². The van der Waals surface area contributed by atoms with Crippen molar-refractivity contribution in [1.29, 1.82) is 0 Å². The lowest BCUT2D eigenvalue weighted by atomic mass is 9.80. The van der Waals surface area contributed by atoms with Gasteiger partial charge in [0.05, 0.1) is 0 Å². The summed E-state index contributed by atoms with van der Waals surface area (Å²) in [6.07, 6.45) is 12.0. The van der Waals surface area contributed by atoms with Gasteiger partial charge in [0.2, 0.25) is 0 Å². The van der Waals surface area contributed by atoms with Crippen LogP contribution in [0, 0.1) is 18.8 Å². The van der Waals surface area contributed by atoms with Gasteiger partial charge in [0.25, 0.3) is 0 Å². The molecule has 0 radical (unpaired) electrons. The van der Waals surface area contributed by atoms with Crippen molar-refractivity contribution in [2.75, 3.05) is 0 Å². The van der Waals surface area contributed by atoms with Crippen LogP contribution >= 0.6 is 0 Å². The van der Waals surface area contributed by atoms with E-state index in [1.54, 1.807) is 0 Å². The Morgan fingerprint density at radius 3 is 2.23 bits per heavy atom. The van der Waals surface area contributed by atoms with Crippen LogP contribution in [0.15, 0.2) is 36.7 Å². The van der Waals surface area contributed by atoms with Crippen LogP contribution in [-0.4, -0.2) is 9.97 Å². The SMILES string of the molecule is Cc1cnc(-c2ccc(CCC3CCC(C)CC3)cc2)nc1. The van der Waals surface area contributed by atoms with Gasteiger partial charge < -0.3 is 0 Å². The van der Waals surface area contributed by atoms with Crippen molar-refractivity contribution in [3.05, 3.63) is 47.8 Å². The molecule has 1 heterocycles. The highest BCUT2D eigenvalue weighted by Gasteiger charge is 2.17. The average molecular weight is 294 g/mol. The molecule has 1 aromatic heterocycles. The first-order valence-electron chi connectivity index (χ1n) is 8.58. The average Bonchev–Trinajstić information content (AvgIpc) is 2.56. The van der Waals surface area contributed by atoms with E-state index >= 15 is 0 Å². The Balaban J connectivity index is 1.56. The molecule has 0 atom stereocenters. The van der Waals surface area contributed by atoms with Crippen molar-refractivity contribution in [3.63, 3.8) is 0 Å². The Kier molecular flexibility index (Phi) is 4.87. The maximum atomic E-state index is 4.39. The van der Waals surface area contributed by atoms with Gasteiger partial charge in [0.15, 0.2) is 5.82 Å². The summed E-state index contributed by atoms with van der Waals surface area (Å²) in [5, 5.41) is 0. The Morgan fingerprint density at radius 1 is 0.955 bits per heavy atom. The molecule has 1 aliphatic carbocycles. The predicted octanol–water partition coefficient (Wildman–Crippen LogP) is 5.21. The zero-order valence-corrected chi connectivity index (χ0v) is 13.8. The monoisotopic (exact) mass is 294 g/mol. The largest absolute Gasteiger partial charge is 0.236 e. The highest BCUT2D eigenvalue weighted by atomic mass is 14.9. The molecule has 0 spiro atoms. The molecule has 1 aliphatic rings. The van der Waals surface area contributed by atoms with Crippen LogP contribution < -0.4 is 0 Å². The fourth-order valence-corrected chi connectivity index (χ4v) is 3.35. The highest BCUT2D eigenvalue weighted by molar-refractivity contribution is 5.55. The lowest BCUT2D eigenvalue weighted by molar-refractivity contribution is 0.278. The van der Waals surface area contributed by atoms with Gasteiger partial charge in [-0.1, -0.05) is 56.9 Å². The van der Waals surface area contributed by atoms with E-state index in [-0.39, 0.29) is 0 Å². The van der Waals surface area contributed by atoms with Gasteiger partial charge in [-0.2, -0.15) is 0 Å². The molecule has 2 heteroatoms. The van der Waals surface area contributed by atoms with Crippen LogP contribution in [0.25, 0.3) is 11.4 Å². The summed E-state index contributed by atoms with van der Waals surface area (Å²) < 4.78 is 0. The van der Waals surface area contributed by atoms with Crippen molar-refractivity contribution < 1.29 is 0 Å². The van der Waals surface area contributed by atoms with Crippen molar-refractivity contribution in [2.45, 2.75) is 52.4 Å². The lowest BCUT2D eigenvalue weighted by Crippen LogP contribution is -2.12. The number of aryl methyl sites for hydroxylation is 2. The van der Waals surface area contributed by atoms with Gasteiger partial charge in [0, 0.05) is 18.0 Å². The molecule has 0 N–H and O–H groups in total. The molecule has 0 amide bonds. The summed E-state index contributed by atoms with van der Waals surface area (Å²) in [4.78, 5) is 8.79. The first-order valence-corrected chi connectivity index (χ1v) is 8.58. The minimum atomic E-state index is 0.818. The van der Waals surface area contributed by atoms with Gasteiger partial charge in [0.1, 0.15) is 0 Å². The van der Waals surface area contributed by atoms with E-state index in [1.807, 2.05) is 19.3 Å². The molecule has 1 aromatic carbocycles.